The summed E-state index contributed by atoms with van der Waals surface area (Å²) in [5.74, 6) is 0.925. The molecule has 5 heteroatoms. The van der Waals surface area contributed by atoms with Crippen LogP contribution in [0.3, 0.4) is 0 Å². The lowest BCUT2D eigenvalue weighted by atomic mass is 10.1. The molecule has 0 radical (unpaired) electrons. The second-order valence-electron chi connectivity index (χ2n) is 6.48. The summed E-state index contributed by atoms with van der Waals surface area (Å²) in [5, 5.41) is 2.98. The number of benzene rings is 1. The van der Waals surface area contributed by atoms with Crippen LogP contribution < -0.4 is 10.1 Å². The number of carbonyl (C=O) groups is 1. The molecular formula is C18H29N3O2. The number of nitrogens with one attached hydrogen (secondary N) is 1. The van der Waals surface area contributed by atoms with Crippen molar-refractivity contribution in [3.63, 3.8) is 0 Å². The Labute approximate surface area is 139 Å². The summed E-state index contributed by atoms with van der Waals surface area (Å²) in [6.07, 6.45) is 0. The molecule has 1 aliphatic heterocycles. The Morgan fingerprint density at radius 3 is 2.91 bits per heavy atom. The van der Waals surface area contributed by atoms with Crippen molar-refractivity contribution in [1.29, 1.82) is 0 Å². The second-order valence-corrected chi connectivity index (χ2v) is 6.48. The molecule has 1 aliphatic rings. The van der Waals surface area contributed by atoms with E-state index in [2.05, 4.69) is 29.1 Å². The summed E-state index contributed by atoms with van der Waals surface area (Å²) in [7, 11) is 2.13. The predicted octanol–water partition coefficient (Wildman–Crippen LogP) is 1.51. The van der Waals surface area contributed by atoms with Crippen molar-refractivity contribution in [2.45, 2.75) is 32.9 Å². The first-order valence-corrected chi connectivity index (χ1v) is 8.39. The average molecular weight is 319 g/mol. The molecule has 0 aliphatic carbocycles. The fraction of sp³-hybridized carbons (Fsp3) is 0.611. The molecule has 1 saturated heterocycles. The summed E-state index contributed by atoms with van der Waals surface area (Å²) in [6, 6.07) is 8.24. The van der Waals surface area contributed by atoms with Gasteiger partial charge in [0.2, 0.25) is 5.91 Å². The van der Waals surface area contributed by atoms with Gasteiger partial charge >= 0.3 is 0 Å². The van der Waals surface area contributed by atoms with Crippen LogP contribution in [0.2, 0.25) is 0 Å². The van der Waals surface area contributed by atoms with E-state index in [1.165, 1.54) is 5.56 Å². The maximum Gasteiger partial charge on any atom is 0.237 e. The minimum absolute atomic E-state index is 0.0780. The van der Waals surface area contributed by atoms with E-state index in [1.807, 2.05) is 38.1 Å². The number of carbonyl (C=O) groups excluding carboxylic acids is 1. The lowest BCUT2D eigenvalue weighted by Gasteiger charge is -2.41. The molecule has 1 amide bonds. The van der Waals surface area contributed by atoms with Gasteiger partial charge in [-0.25, -0.2) is 0 Å². The fourth-order valence-electron chi connectivity index (χ4n) is 3.08. The van der Waals surface area contributed by atoms with Gasteiger partial charge in [-0.2, -0.15) is 0 Å². The van der Waals surface area contributed by atoms with Crippen molar-refractivity contribution < 1.29 is 9.53 Å². The molecule has 128 valence electrons. The topological polar surface area (TPSA) is 44.8 Å². The molecule has 2 atom stereocenters. The zero-order valence-electron chi connectivity index (χ0n) is 14.7. The van der Waals surface area contributed by atoms with E-state index >= 15 is 0 Å². The molecule has 1 aromatic carbocycles. The van der Waals surface area contributed by atoms with Gasteiger partial charge in [-0.15, -0.1) is 0 Å². The van der Waals surface area contributed by atoms with Crippen LogP contribution in [0, 0.1) is 6.92 Å². The highest BCUT2D eigenvalue weighted by Gasteiger charge is 2.29. The maximum atomic E-state index is 12.3. The van der Waals surface area contributed by atoms with E-state index in [-0.39, 0.29) is 11.9 Å². The SMILES string of the molecule is Cc1cccc(OCCNC(=O)[C@@H](C)N2CCN(C)C[C@H]2C)c1. The van der Waals surface area contributed by atoms with Crippen LogP contribution in [0.4, 0.5) is 0 Å². The molecule has 0 saturated carbocycles. The van der Waals surface area contributed by atoms with Crippen LogP contribution in [-0.2, 0) is 4.79 Å². The van der Waals surface area contributed by atoms with E-state index in [1.54, 1.807) is 0 Å². The van der Waals surface area contributed by atoms with E-state index in [9.17, 15) is 4.79 Å². The Hall–Kier alpha value is -1.59. The van der Waals surface area contributed by atoms with Crippen LogP contribution >= 0.6 is 0 Å². The number of hydrogen-bond donors (Lipinski definition) is 1. The highest BCUT2D eigenvalue weighted by atomic mass is 16.5. The Morgan fingerprint density at radius 1 is 1.43 bits per heavy atom. The Kier molecular flexibility index (Phi) is 6.42. The lowest BCUT2D eigenvalue weighted by Crippen LogP contribution is -2.57. The number of amides is 1. The molecule has 23 heavy (non-hydrogen) atoms. The van der Waals surface area contributed by atoms with Crippen molar-refractivity contribution in [3.8, 4) is 5.75 Å². The van der Waals surface area contributed by atoms with E-state index in [4.69, 9.17) is 4.74 Å². The lowest BCUT2D eigenvalue weighted by molar-refractivity contribution is -0.127. The smallest absolute Gasteiger partial charge is 0.237 e. The molecule has 1 fully saturated rings. The first-order chi connectivity index (χ1) is 11.0. The number of likely N-dealkylation sites (N-methyl/N-ethyl adjacent to an activating group) is 1. The standard InChI is InChI=1S/C18H29N3O2/c1-14-6-5-7-17(12-14)23-11-8-19-18(22)16(3)21-10-9-20(4)13-15(21)2/h5-7,12,15-16H,8-11,13H2,1-4H3,(H,19,22)/t15-,16-/m1/s1. The van der Waals surface area contributed by atoms with Crippen molar-refractivity contribution in [3.05, 3.63) is 29.8 Å². The van der Waals surface area contributed by atoms with Crippen LogP contribution in [0.15, 0.2) is 24.3 Å². The summed E-state index contributed by atoms with van der Waals surface area (Å²) >= 11 is 0. The van der Waals surface area contributed by atoms with Crippen molar-refractivity contribution in [2.75, 3.05) is 39.8 Å². The number of aryl methyl sites for hydroxylation is 1. The van der Waals surface area contributed by atoms with Crippen molar-refractivity contribution in [2.24, 2.45) is 0 Å². The Balaban J connectivity index is 1.72. The molecular weight excluding hydrogens is 290 g/mol. The van der Waals surface area contributed by atoms with Crippen LogP contribution in [-0.4, -0.2) is 67.6 Å². The average Bonchev–Trinajstić information content (AvgIpc) is 2.51. The van der Waals surface area contributed by atoms with Gasteiger partial charge in [0.05, 0.1) is 12.6 Å². The Morgan fingerprint density at radius 2 is 2.22 bits per heavy atom. The van der Waals surface area contributed by atoms with Gasteiger partial charge in [-0.05, 0) is 45.5 Å². The molecule has 0 aromatic heterocycles. The summed E-state index contributed by atoms with van der Waals surface area (Å²) in [4.78, 5) is 16.9. The van der Waals surface area contributed by atoms with Crippen molar-refractivity contribution in [1.82, 2.24) is 15.1 Å². The molecule has 5 nitrogen and oxygen atoms in total. The zero-order chi connectivity index (χ0) is 16.8. The number of rotatable bonds is 6. The number of nitrogens with zero attached hydrogens (tertiary/aromatic N) is 2. The second kappa shape index (κ2) is 8.31. The zero-order valence-corrected chi connectivity index (χ0v) is 14.7. The highest BCUT2D eigenvalue weighted by Crippen LogP contribution is 2.13. The third kappa shape index (κ3) is 5.22. The van der Waals surface area contributed by atoms with Crippen molar-refractivity contribution >= 4 is 5.91 Å². The normalized spacial score (nSPS) is 21.0. The fourth-order valence-corrected chi connectivity index (χ4v) is 3.08. The van der Waals surface area contributed by atoms with Crippen LogP contribution in [0.5, 0.6) is 5.75 Å². The van der Waals surface area contributed by atoms with Gasteiger partial charge in [0.25, 0.3) is 0 Å². The molecule has 2 rings (SSSR count). The third-order valence-electron chi connectivity index (χ3n) is 4.42. The number of hydrogen-bond acceptors (Lipinski definition) is 4. The first-order valence-electron chi connectivity index (χ1n) is 8.39. The third-order valence-corrected chi connectivity index (χ3v) is 4.42. The monoisotopic (exact) mass is 319 g/mol. The van der Waals surface area contributed by atoms with Gasteiger partial charge < -0.3 is 15.0 Å². The van der Waals surface area contributed by atoms with Gasteiger partial charge in [-0.3, -0.25) is 9.69 Å². The summed E-state index contributed by atoms with van der Waals surface area (Å²) in [6.45, 7) is 10.2. The summed E-state index contributed by atoms with van der Waals surface area (Å²) < 4.78 is 5.66. The molecule has 0 spiro atoms. The largest absolute Gasteiger partial charge is 0.492 e. The molecule has 1 aromatic rings. The Bertz CT molecular complexity index is 521. The molecule has 1 N–H and O–H groups in total. The van der Waals surface area contributed by atoms with E-state index in [0.29, 0.717) is 19.2 Å². The predicted molar refractivity (Wildman–Crippen MR) is 92.8 cm³/mol. The molecule has 1 heterocycles. The molecule has 0 bridgehead atoms. The van der Waals surface area contributed by atoms with Crippen LogP contribution in [0.25, 0.3) is 0 Å². The first kappa shape index (κ1) is 17.8. The minimum atomic E-state index is -0.0994. The quantitative estimate of drug-likeness (QED) is 0.808. The minimum Gasteiger partial charge on any atom is -0.492 e. The van der Waals surface area contributed by atoms with Gasteiger partial charge in [0.1, 0.15) is 12.4 Å². The maximum absolute atomic E-state index is 12.3. The summed E-state index contributed by atoms with van der Waals surface area (Å²) in [5.41, 5.74) is 1.17. The van der Waals surface area contributed by atoms with Gasteiger partial charge in [0, 0.05) is 25.7 Å². The van der Waals surface area contributed by atoms with Crippen LogP contribution in [0.1, 0.15) is 19.4 Å². The van der Waals surface area contributed by atoms with E-state index < -0.39 is 0 Å². The van der Waals surface area contributed by atoms with E-state index in [0.717, 1.165) is 25.4 Å². The molecule has 0 unspecified atom stereocenters. The van der Waals surface area contributed by atoms with Gasteiger partial charge in [0.15, 0.2) is 0 Å². The number of ether oxygens (including phenoxy) is 1. The number of piperazine rings is 1. The highest BCUT2D eigenvalue weighted by molar-refractivity contribution is 5.81. The van der Waals surface area contributed by atoms with Gasteiger partial charge in [-0.1, -0.05) is 12.1 Å².